The average molecular weight is 504 g/mol. The number of hydrogen-bond donors (Lipinski definition) is 0. The Bertz CT molecular complexity index is 1310. The van der Waals surface area contributed by atoms with E-state index >= 15 is 0 Å². The maximum absolute atomic E-state index is 12.9. The van der Waals surface area contributed by atoms with Crippen molar-refractivity contribution in [3.8, 4) is 0 Å². The summed E-state index contributed by atoms with van der Waals surface area (Å²) in [7, 11) is -1.80. The molecule has 3 aromatic rings. The van der Waals surface area contributed by atoms with E-state index in [0.717, 1.165) is 27.1 Å². The van der Waals surface area contributed by atoms with Crippen LogP contribution in [0.2, 0.25) is 9.36 Å². The van der Waals surface area contributed by atoms with Gasteiger partial charge in [-0.15, -0.1) is 11.3 Å². The third kappa shape index (κ3) is 4.11. The van der Waals surface area contributed by atoms with Gasteiger partial charge in [-0.25, -0.2) is 8.42 Å². The molecular weight excluding hydrogens is 485 g/mol. The van der Waals surface area contributed by atoms with E-state index in [1.807, 2.05) is 30.7 Å². The van der Waals surface area contributed by atoms with Gasteiger partial charge in [0, 0.05) is 25.2 Å². The molecule has 1 aromatic carbocycles. The summed E-state index contributed by atoms with van der Waals surface area (Å²) in [6.07, 6.45) is 1.22. The van der Waals surface area contributed by atoms with E-state index in [2.05, 4.69) is 4.99 Å². The summed E-state index contributed by atoms with van der Waals surface area (Å²) in [5.41, 5.74) is 1.99. The van der Waals surface area contributed by atoms with E-state index in [0.29, 0.717) is 33.5 Å². The number of thiophene rings is 1. The third-order valence-electron chi connectivity index (χ3n) is 5.14. The van der Waals surface area contributed by atoms with E-state index in [-0.39, 0.29) is 16.7 Å². The molecule has 6 nitrogen and oxygen atoms in total. The SMILES string of the molecule is Cc1cc(Cl)cc2sc(=NC(=O)C3CCCN(S(=O)(=O)c4ccc(Cl)s4)C3)n(C)c12. The zero-order chi connectivity index (χ0) is 21.6. The van der Waals surface area contributed by atoms with Gasteiger partial charge in [0.2, 0.25) is 0 Å². The van der Waals surface area contributed by atoms with Crippen LogP contribution in [0.4, 0.5) is 0 Å². The standard InChI is InChI=1S/C19H19Cl2N3O3S3/c1-11-8-13(20)9-14-17(11)23(2)19(28-14)22-18(25)12-4-3-7-24(10-12)30(26,27)16-6-5-15(21)29-16/h5-6,8-9,12H,3-4,7,10H2,1-2H3. The number of rotatable bonds is 3. The van der Waals surface area contributed by atoms with E-state index in [1.54, 1.807) is 6.07 Å². The predicted octanol–water partition coefficient (Wildman–Crippen LogP) is 4.44. The number of amides is 1. The van der Waals surface area contributed by atoms with Crippen molar-refractivity contribution in [1.82, 2.24) is 8.87 Å². The predicted molar refractivity (Wildman–Crippen MR) is 122 cm³/mol. The van der Waals surface area contributed by atoms with Crippen molar-refractivity contribution in [3.05, 3.63) is 44.0 Å². The van der Waals surface area contributed by atoms with Gasteiger partial charge in [0.05, 0.1) is 20.5 Å². The Morgan fingerprint density at radius 1 is 1.23 bits per heavy atom. The maximum Gasteiger partial charge on any atom is 0.252 e. The lowest BCUT2D eigenvalue weighted by Gasteiger charge is -2.29. The van der Waals surface area contributed by atoms with Crippen molar-refractivity contribution in [2.75, 3.05) is 13.1 Å². The molecule has 1 fully saturated rings. The first-order valence-corrected chi connectivity index (χ1v) is 13.1. The van der Waals surface area contributed by atoms with Crippen LogP contribution >= 0.6 is 45.9 Å². The van der Waals surface area contributed by atoms with Crippen molar-refractivity contribution >= 4 is 72.0 Å². The molecule has 2 aromatic heterocycles. The van der Waals surface area contributed by atoms with E-state index in [4.69, 9.17) is 23.2 Å². The number of nitrogens with zero attached hydrogens (tertiary/aromatic N) is 3. The zero-order valence-electron chi connectivity index (χ0n) is 16.3. The van der Waals surface area contributed by atoms with Crippen LogP contribution in [-0.4, -0.2) is 36.3 Å². The van der Waals surface area contributed by atoms with Crippen LogP contribution in [0, 0.1) is 12.8 Å². The fourth-order valence-corrected chi connectivity index (χ4v) is 8.32. The van der Waals surface area contributed by atoms with Crippen LogP contribution in [-0.2, 0) is 21.9 Å². The fourth-order valence-electron chi connectivity index (χ4n) is 3.68. The molecule has 0 N–H and O–H groups in total. The number of benzene rings is 1. The molecule has 1 amide bonds. The second kappa shape index (κ2) is 8.37. The van der Waals surface area contributed by atoms with E-state index in [1.165, 1.54) is 21.7 Å². The Labute approximate surface area is 192 Å². The van der Waals surface area contributed by atoms with Crippen LogP contribution in [0.15, 0.2) is 33.5 Å². The van der Waals surface area contributed by atoms with Gasteiger partial charge >= 0.3 is 0 Å². The molecule has 1 aliphatic rings. The Morgan fingerprint density at radius 2 is 2.00 bits per heavy atom. The highest BCUT2D eigenvalue weighted by Crippen LogP contribution is 2.31. The number of thiazole rings is 1. The second-order valence-corrected chi connectivity index (χ2v) is 12.5. The van der Waals surface area contributed by atoms with Crippen LogP contribution in [0.1, 0.15) is 18.4 Å². The summed E-state index contributed by atoms with van der Waals surface area (Å²) >= 11 is 14.5. The lowest BCUT2D eigenvalue weighted by molar-refractivity contribution is -0.122. The molecule has 0 aliphatic carbocycles. The molecule has 0 saturated carbocycles. The minimum absolute atomic E-state index is 0.125. The summed E-state index contributed by atoms with van der Waals surface area (Å²) < 4.78 is 30.6. The monoisotopic (exact) mass is 503 g/mol. The number of carbonyl (C=O) groups excluding carboxylic acids is 1. The van der Waals surface area contributed by atoms with Gasteiger partial charge in [0.15, 0.2) is 4.80 Å². The molecule has 1 saturated heterocycles. The first-order valence-electron chi connectivity index (χ1n) is 9.26. The summed E-state index contributed by atoms with van der Waals surface area (Å²) in [6.45, 7) is 2.48. The summed E-state index contributed by atoms with van der Waals surface area (Å²) in [5, 5.41) is 0.640. The second-order valence-electron chi connectivity index (χ2n) is 7.22. The lowest BCUT2D eigenvalue weighted by atomic mass is 9.99. The Morgan fingerprint density at radius 3 is 2.70 bits per heavy atom. The molecule has 160 valence electrons. The topological polar surface area (TPSA) is 71.7 Å². The molecule has 1 aliphatic heterocycles. The van der Waals surface area contributed by atoms with Crippen LogP contribution in [0.25, 0.3) is 10.2 Å². The van der Waals surface area contributed by atoms with Gasteiger partial charge in [-0.2, -0.15) is 9.30 Å². The van der Waals surface area contributed by atoms with E-state index < -0.39 is 15.9 Å². The van der Waals surface area contributed by atoms with Crippen molar-refractivity contribution in [3.63, 3.8) is 0 Å². The normalized spacial score (nSPS) is 18.9. The summed E-state index contributed by atoms with van der Waals surface area (Å²) in [5.74, 6) is -0.774. The van der Waals surface area contributed by atoms with Gasteiger partial charge in [-0.05, 0) is 49.6 Å². The Hall–Kier alpha value is -1.23. The van der Waals surface area contributed by atoms with Crippen molar-refractivity contribution in [2.45, 2.75) is 24.0 Å². The summed E-state index contributed by atoms with van der Waals surface area (Å²) in [4.78, 5) is 17.8. The molecule has 30 heavy (non-hydrogen) atoms. The van der Waals surface area contributed by atoms with Gasteiger partial charge in [0.25, 0.3) is 15.9 Å². The molecule has 0 radical (unpaired) electrons. The minimum atomic E-state index is -3.66. The number of aryl methyl sites for hydroxylation is 2. The average Bonchev–Trinajstić information content (AvgIpc) is 3.26. The molecule has 0 spiro atoms. The number of halogens is 2. The molecule has 11 heteroatoms. The number of hydrogen-bond acceptors (Lipinski definition) is 5. The first-order chi connectivity index (χ1) is 14.2. The molecule has 4 rings (SSSR count). The van der Waals surface area contributed by atoms with Crippen LogP contribution in [0.5, 0.6) is 0 Å². The first kappa shape index (κ1) is 22.0. The highest BCUT2D eigenvalue weighted by Gasteiger charge is 2.34. The summed E-state index contributed by atoms with van der Waals surface area (Å²) in [6, 6.07) is 6.81. The number of aromatic nitrogens is 1. The van der Waals surface area contributed by atoms with Gasteiger partial charge < -0.3 is 4.57 Å². The van der Waals surface area contributed by atoms with Crippen LogP contribution < -0.4 is 4.80 Å². The molecular formula is C19H19Cl2N3O3S3. The van der Waals surface area contributed by atoms with E-state index in [9.17, 15) is 13.2 Å². The molecule has 3 heterocycles. The highest BCUT2D eigenvalue weighted by molar-refractivity contribution is 7.91. The lowest BCUT2D eigenvalue weighted by Crippen LogP contribution is -2.42. The third-order valence-corrected chi connectivity index (χ3v) is 10.00. The number of piperidine rings is 1. The Balaban J connectivity index is 1.62. The minimum Gasteiger partial charge on any atom is -0.319 e. The number of sulfonamides is 1. The molecule has 1 atom stereocenters. The quantitative estimate of drug-likeness (QED) is 0.530. The number of carbonyl (C=O) groups is 1. The van der Waals surface area contributed by atoms with Crippen molar-refractivity contribution in [2.24, 2.45) is 18.0 Å². The van der Waals surface area contributed by atoms with Gasteiger partial charge in [-0.3, -0.25) is 4.79 Å². The fraction of sp³-hybridized carbons (Fsp3) is 0.368. The van der Waals surface area contributed by atoms with Gasteiger partial charge in [0.1, 0.15) is 4.21 Å². The van der Waals surface area contributed by atoms with Gasteiger partial charge in [-0.1, -0.05) is 34.5 Å². The van der Waals surface area contributed by atoms with Crippen molar-refractivity contribution < 1.29 is 13.2 Å². The van der Waals surface area contributed by atoms with Crippen molar-refractivity contribution in [1.29, 1.82) is 0 Å². The number of fused-ring (bicyclic) bond motifs is 1. The largest absolute Gasteiger partial charge is 0.319 e. The Kier molecular flexibility index (Phi) is 6.13. The molecule has 1 unspecified atom stereocenters. The maximum atomic E-state index is 12.9. The van der Waals surface area contributed by atoms with Crippen LogP contribution in [0.3, 0.4) is 0 Å². The molecule has 0 bridgehead atoms. The zero-order valence-corrected chi connectivity index (χ0v) is 20.2. The smallest absolute Gasteiger partial charge is 0.252 e. The highest BCUT2D eigenvalue weighted by atomic mass is 35.5.